The minimum atomic E-state index is -0.481. The maximum absolute atomic E-state index is 12.2. The largest absolute Gasteiger partial charge is 0.394 e. The van der Waals surface area contributed by atoms with E-state index >= 15 is 0 Å². The summed E-state index contributed by atoms with van der Waals surface area (Å²) in [5, 5.41) is 29.9. The maximum atomic E-state index is 12.2. The molecule has 7 nitrogen and oxygen atoms in total. The van der Waals surface area contributed by atoms with Crippen molar-refractivity contribution >= 4 is 17.5 Å². The van der Waals surface area contributed by atoms with Gasteiger partial charge in [-0.2, -0.15) is 4.80 Å². The van der Waals surface area contributed by atoms with Gasteiger partial charge in [-0.25, -0.2) is 0 Å². The lowest BCUT2D eigenvalue weighted by Crippen LogP contribution is -2.37. The normalized spacial score (nSPS) is 12.2. The highest BCUT2D eigenvalue weighted by atomic mass is 35.5. The summed E-state index contributed by atoms with van der Waals surface area (Å²) >= 11 is 5.82. The standard InChI is InChI=1S/C14H17ClN4O3/c1-2-10(7-20)16-14(22)13-12(8-21)17-19(18-13)11-5-3-9(15)4-6-11/h3-6,10,20-21H,2,7-8H2,1H3,(H,16,22)/t10-/m0/s1. The molecule has 1 amide bonds. The Morgan fingerprint density at radius 2 is 2.00 bits per heavy atom. The van der Waals surface area contributed by atoms with Gasteiger partial charge in [-0.1, -0.05) is 18.5 Å². The third-order valence-corrected chi connectivity index (χ3v) is 3.41. The smallest absolute Gasteiger partial charge is 0.274 e. The van der Waals surface area contributed by atoms with Crippen molar-refractivity contribution in [3.63, 3.8) is 0 Å². The van der Waals surface area contributed by atoms with Crippen LogP contribution in [0.3, 0.4) is 0 Å². The first-order chi connectivity index (χ1) is 10.6. The number of aromatic nitrogens is 3. The fraction of sp³-hybridized carbons (Fsp3) is 0.357. The molecule has 1 aromatic carbocycles. The molecule has 0 radical (unpaired) electrons. The molecule has 0 aliphatic rings. The van der Waals surface area contributed by atoms with E-state index in [1.54, 1.807) is 24.3 Å². The van der Waals surface area contributed by atoms with Gasteiger partial charge >= 0.3 is 0 Å². The summed E-state index contributed by atoms with van der Waals surface area (Å²) in [5.74, 6) is -0.481. The van der Waals surface area contributed by atoms with Crippen LogP contribution in [0.5, 0.6) is 0 Å². The number of hydrogen-bond donors (Lipinski definition) is 3. The van der Waals surface area contributed by atoms with E-state index in [4.69, 9.17) is 16.7 Å². The van der Waals surface area contributed by atoms with Gasteiger partial charge < -0.3 is 15.5 Å². The van der Waals surface area contributed by atoms with E-state index in [0.29, 0.717) is 17.1 Å². The van der Waals surface area contributed by atoms with Crippen LogP contribution in [0.25, 0.3) is 5.69 Å². The van der Waals surface area contributed by atoms with Gasteiger partial charge in [0.05, 0.1) is 24.9 Å². The number of nitrogens with zero attached hydrogens (tertiary/aromatic N) is 3. The van der Waals surface area contributed by atoms with Crippen LogP contribution in [-0.2, 0) is 6.61 Å². The molecule has 0 fully saturated rings. The second-order valence-electron chi connectivity index (χ2n) is 4.68. The van der Waals surface area contributed by atoms with E-state index in [0.717, 1.165) is 0 Å². The Morgan fingerprint density at radius 1 is 1.32 bits per heavy atom. The molecule has 1 aromatic heterocycles. The fourth-order valence-electron chi connectivity index (χ4n) is 1.84. The number of carbonyl (C=O) groups excluding carboxylic acids is 1. The van der Waals surface area contributed by atoms with Gasteiger partial charge in [0.15, 0.2) is 5.69 Å². The van der Waals surface area contributed by atoms with Gasteiger partial charge in [0.25, 0.3) is 5.91 Å². The number of amides is 1. The van der Waals surface area contributed by atoms with Crippen molar-refractivity contribution in [3.8, 4) is 5.69 Å². The maximum Gasteiger partial charge on any atom is 0.274 e. The lowest BCUT2D eigenvalue weighted by Gasteiger charge is -2.12. The SMILES string of the molecule is CC[C@@H](CO)NC(=O)c1nn(-c2ccc(Cl)cc2)nc1CO. The second-order valence-corrected chi connectivity index (χ2v) is 5.12. The molecule has 3 N–H and O–H groups in total. The van der Waals surface area contributed by atoms with Gasteiger partial charge in [-0.15, -0.1) is 10.2 Å². The Hall–Kier alpha value is -1.96. The number of halogens is 1. The molecule has 2 aromatic rings. The zero-order valence-electron chi connectivity index (χ0n) is 12.0. The summed E-state index contributed by atoms with van der Waals surface area (Å²) in [6, 6.07) is 6.40. The summed E-state index contributed by atoms with van der Waals surface area (Å²) < 4.78 is 0. The molecule has 0 aliphatic heterocycles. The molecule has 0 unspecified atom stereocenters. The van der Waals surface area contributed by atoms with E-state index in [2.05, 4.69) is 15.5 Å². The minimum absolute atomic E-state index is 0.0318. The third-order valence-electron chi connectivity index (χ3n) is 3.15. The third kappa shape index (κ3) is 3.62. The van der Waals surface area contributed by atoms with Gasteiger partial charge in [0, 0.05) is 5.02 Å². The molecule has 1 heterocycles. The average molecular weight is 325 g/mol. The van der Waals surface area contributed by atoms with E-state index in [1.807, 2.05) is 6.92 Å². The molecule has 1 atom stereocenters. The molecular weight excluding hydrogens is 308 g/mol. The molecule has 0 saturated carbocycles. The summed E-state index contributed by atoms with van der Waals surface area (Å²) in [4.78, 5) is 13.4. The van der Waals surface area contributed by atoms with Crippen LogP contribution in [0.2, 0.25) is 5.02 Å². The Morgan fingerprint density at radius 3 is 2.55 bits per heavy atom. The molecule has 0 saturated heterocycles. The minimum Gasteiger partial charge on any atom is -0.394 e. The number of benzene rings is 1. The molecule has 0 aliphatic carbocycles. The second kappa shape index (κ2) is 7.35. The van der Waals surface area contributed by atoms with Crippen molar-refractivity contribution in [1.82, 2.24) is 20.3 Å². The predicted molar refractivity (Wildman–Crippen MR) is 80.9 cm³/mol. The van der Waals surface area contributed by atoms with E-state index in [-0.39, 0.29) is 24.0 Å². The molecule has 0 spiro atoms. The predicted octanol–water partition coefficient (Wildman–Crippen LogP) is 0.914. The van der Waals surface area contributed by atoms with Gasteiger partial charge in [0.1, 0.15) is 5.69 Å². The number of aliphatic hydroxyl groups is 2. The highest BCUT2D eigenvalue weighted by Crippen LogP contribution is 2.13. The Kier molecular flexibility index (Phi) is 5.48. The summed E-state index contributed by atoms with van der Waals surface area (Å²) in [6.07, 6.45) is 0.585. The first-order valence-corrected chi connectivity index (χ1v) is 7.21. The van der Waals surface area contributed by atoms with Gasteiger partial charge in [-0.3, -0.25) is 4.79 Å². The van der Waals surface area contributed by atoms with E-state index < -0.39 is 12.5 Å². The number of nitrogens with one attached hydrogen (secondary N) is 1. The number of carbonyl (C=O) groups is 1. The van der Waals surface area contributed by atoms with Crippen LogP contribution in [0.15, 0.2) is 24.3 Å². The van der Waals surface area contributed by atoms with Crippen LogP contribution in [0.1, 0.15) is 29.5 Å². The van der Waals surface area contributed by atoms with Crippen molar-refractivity contribution in [1.29, 1.82) is 0 Å². The molecule has 2 rings (SSSR count). The number of rotatable bonds is 6. The average Bonchev–Trinajstić information content (AvgIpc) is 2.97. The van der Waals surface area contributed by atoms with Crippen LogP contribution in [0.4, 0.5) is 0 Å². The molecule has 22 heavy (non-hydrogen) atoms. The van der Waals surface area contributed by atoms with Crippen LogP contribution in [-0.4, -0.2) is 43.8 Å². The van der Waals surface area contributed by atoms with Gasteiger partial charge in [-0.05, 0) is 30.7 Å². The zero-order valence-corrected chi connectivity index (χ0v) is 12.8. The van der Waals surface area contributed by atoms with Crippen molar-refractivity contribution in [3.05, 3.63) is 40.7 Å². The lowest BCUT2D eigenvalue weighted by molar-refractivity contribution is 0.0906. The summed E-state index contributed by atoms with van der Waals surface area (Å²) in [6.45, 7) is 1.27. The van der Waals surface area contributed by atoms with Crippen molar-refractivity contribution in [2.45, 2.75) is 26.0 Å². The highest BCUT2D eigenvalue weighted by Gasteiger charge is 2.20. The highest BCUT2D eigenvalue weighted by molar-refractivity contribution is 6.30. The first-order valence-electron chi connectivity index (χ1n) is 6.83. The summed E-state index contributed by atoms with van der Waals surface area (Å²) in [5.41, 5.74) is 0.817. The molecule has 0 bridgehead atoms. The Labute approximate surface area is 132 Å². The van der Waals surface area contributed by atoms with E-state index in [1.165, 1.54) is 4.80 Å². The molecular formula is C14H17ClN4O3. The number of hydrogen-bond acceptors (Lipinski definition) is 5. The lowest BCUT2D eigenvalue weighted by atomic mass is 10.2. The zero-order chi connectivity index (χ0) is 16.1. The molecule has 8 heteroatoms. The topological polar surface area (TPSA) is 100 Å². The number of aliphatic hydroxyl groups excluding tert-OH is 2. The van der Waals surface area contributed by atoms with Crippen LogP contribution < -0.4 is 5.32 Å². The Bertz CT molecular complexity index is 638. The van der Waals surface area contributed by atoms with Crippen molar-refractivity contribution in [2.75, 3.05) is 6.61 Å². The quantitative estimate of drug-likeness (QED) is 0.733. The van der Waals surface area contributed by atoms with Crippen molar-refractivity contribution in [2.24, 2.45) is 0 Å². The summed E-state index contributed by atoms with van der Waals surface area (Å²) in [7, 11) is 0. The monoisotopic (exact) mass is 324 g/mol. The molecule has 118 valence electrons. The first kappa shape index (κ1) is 16.4. The fourth-order valence-corrected chi connectivity index (χ4v) is 1.97. The van der Waals surface area contributed by atoms with Gasteiger partial charge in [0.2, 0.25) is 0 Å². The van der Waals surface area contributed by atoms with Crippen LogP contribution >= 0.6 is 11.6 Å². The van der Waals surface area contributed by atoms with Crippen LogP contribution in [0, 0.1) is 0 Å². The van der Waals surface area contributed by atoms with Crippen molar-refractivity contribution < 1.29 is 15.0 Å². The van der Waals surface area contributed by atoms with E-state index in [9.17, 15) is 9.90 Å². The Balaban J connectivity index is 2.28.